The minimum atomic E-state index is -1.24. The molecule has 17 heteroatoms. The molecule has 0 saturated carbocycles. The van der Waals surface area contributed by atoms with Crippen LogP contribution in [0.5, 0.6) is 0 Å². The Hall–Kier alpha value is -2.99. The molecule has 0 spiro atoms. The Kier molecular flexibility index (Phi) is 45.3. The van der Waals surface area contributed by atoms with Gasteiger partial charge in [-0.05, 0) is 12.8 Å². The van der Waals surface area contributed by atoms with Crippen molar-refractivity contribution in [1.82, 2.24) is 16.0 Å². The summed E-state index contributed by atoms with van der Waals surface area (Å²) >= 11 is 1.27. The van der Waals surface area contributed by atoms with E-state index in [2.05, 4.69) is 29.8 Å². The molecule has 69 heavy (non-hydrogen) atoms. The van der Waals surface area contributed by atoms with Crippen LogP contribution in [0.3, 0.4) is 0 Å². The number of ether oxygens (including phenoxy) is 4. The molecule has 0 aliphatic heterocycles. The van der Waals surface area contributed by atoms with Crippen molar-refractivity contribution in [2.75, 3.05) is 64.2 Å². The molecule has 0 aliphatic carbocycles. The molecule has 4 amide bonds. The summed E-state index contributed by atoms with van der Waals surface area (Å²) in [6.07, 6.45) is 30.6. The van der Waals surface area contributed by atoms with Crippen LogP contribution in [0.2, 0.25) is 0 Å². The SMILES string of the molecule is CCCCCCCCCCCCCCC(C)C(=O)OC[C@H](CSC[C@H](N)C(=O)N[C@@H](CO)C(=O)NCCOCCOCCC(=O)NCC(N)=O)OC(=O)C(C)CCCCCCCCCCCCCC. The number of unbranched alkanes of at least 4 members (excludes halogenated alkanes) is 22. The second kappa shape index (κ2) is 47.3. The lowest BCUT2D eigenvalue weighted by molar-refractivity contribution is -0.162. The molecule has 0 radical (unpaired) electrons. The highest BCUT2D eigenvalue weighted by atomic mass is 32.2. The minimum absolute atomic E-state index is 0.0605. The standard InChI is InChI=1S/C52H99N5O11S/c1-5-7-9-11-13-15-17-19-21-23-25-27-29-42(3)51(63)67-39-44(68-52(64)43(4)30-28-26-24-22-20-18-16-14-12-10-8-6-2)40-69-41-45(53)49(61)57-46(38-58)50(62)55-32-34-66-36-35-65-33-31-48(60)56-37-47(54)59/h42-46,58H,5-41,53H2,1-4H3,(H2,54,59)(H,55,62)(H,56,60)(H,57,61)/t42?,43?,44-,45+,46+/m1/s1. The molecule has 0 bridgehead atoms. The molecule has 0 rings (SSSR count). The fourth-order valence-electron chi connectivity index (χ4n) is 7.54. The summed E-state index contributed by atoms with van der Waals surface area (Å²) in [7, 11) is 0. The van der Waals surface area contributed by atoms with Crippen LogP contribution in [0, 0.1) is 11.8 Å². The predicted octanol–water partition coefficient (Wildman–Crippen LogP) is 7.57. The van der Waals surface area contributed by atoms with E-state index >= 15 is 0 Å². The summed E-state index contributed by atoms with van der Waals surface area (Å²) in [4.78, 5) is 74.3. The molecule has 404 valence electrons. The van der Waals surface area contributed by atoms with Crippen molar-refractivity contribution < 1.29 is 52.8 Å². The molecule has 16 nitrogen and oxygen atoms in total. The van der Waals surface area contributed by atoms with Gasteiger partial charge in [0.15, 0.2) is 0 Å². The summed E-state index contributed by atoms with van der Waals surface area (Å²) in [5, 5.41) is 17.3. The largest absolute Gasteiger partial charge is 0.461 e. The van der Waals surface area contributed by atoms with Gasteiger partial charge < -0.3 is 51.5 Å². The van der Waals surface area contributed by atoms with Crippen LogP contribution >= 0.6 is 11.8 Å². The van der Waals surface area contributed by atoms with Crippen LogP contribution in [-0.2, 0) is 47.7 Å². The average molecular weight is 1000 g/mol. The predicted molar refractivity (Wildman–Crippen MR) is 276 cm³/mol. The monoisotopic (exact) mass is 1000 g/mol. The Balaban J connectivity index is 4.87. The van der Waals surface area contributed by atoms with E-state index in [0.717, 1.165) is 38.5 Å². The summed E-state index contributed by atoms with van der Waals surface area (Å²) < 4.78 is 22.4. The van der Waals surface area contributed by atoms with Gasteiger partial charge in [0.2, 0.25) is 23.6 Å². The van der Waals surface area contributed by atoms with Gasteiger partial charge in [-0.1, -0.05) is 182 Å². The summed E-state index contributed by atoms with van der Waals surface area (Å²) in [6.45, 7) is 8.01. The Labute approximate surface area is 421 Å². The van der Waals surface area contributed by atoms with Gasteiger partial charge in [-0.3, -0.25) is 28.8 Å². The number of hydrogen-bond donors (Lipinski definition) is 6. The summed E-state index contributed by atoms with van der Waals surface area (Å²) in [5.41, 5.74) is 11.2. The number of aliphatic hydroxyl groups is 1. The number of nitrogens with one attached hydrogen (secondary N) is 3. The number of esters is 2. The number of primary amides is 1. The van der Waals surface area contributed by atoms with Gasteiger partial charge in [0.1, 0.15) is 18.8 Å². The van der Waals surface area contributed by atoms with Crippen molar-refractivity contribution >= 4 is 47.3 Å². The normalized spacial score (nSPS) is 13.5. The lowest BCUT2D eigenvalue weighted by atomic mass is 10.0. The first-order chi connectivity index (χ1) is 33.4. The first-order valence-electron chi connectivity index (χ1n) is 27.0. The van der Waals surface area contributed by atoms with Crippen LogP contribution < -0.4 is 27.4 Å². The molecule has 2 unspecified atom stereocenters. The van der Waals surface area contributed by atoms with Crippen LogP contribution in [0.1, 0.15) is 201 Å². The van der Waals surface area contributed by atoms with Crippen molar-refractivity contribution in [1.29, 1.82) is 0 Å². The van der Waals surface area contributed by atoms with Gasteiger partial charge in [-0.15, -0.1) is 0 Å². The number of amides is 4. The molecule has 0 fully saturated rings. The van der Waals surface area contributed by atoms with E-state index < -0.39 is 42.5 Å². The van der Waals surface area contributed by atoms with Crippen molar-refractivity contribution in [3.05, 3.63) is 0 Å². The van der Waals surface area contributed by atoms with E-state index in [1.165, 1.54) is 134 Å². The molecule has 5 atom stereocenters. The van der Waals surface area contributed by atoms with Crippen LogP contribution in [0.15, 0.2) is 0 Å². The molecule has 0 aromatic carbocycles. The third-order valence-corrected chi connectivity index (χ3v) is 13.3. The zero-order valence-electron chi connectivity index (χ0n) is 43.6. The smallest absolute Gasteiger partial charge is 0.309 e. The van der Waals surface area contributed by atoms with Gasteiger partial charge in [-0.25, -0.2) is 0 Å². The van der Waals surface area contributed by atoms with E-state index in [1.54, 1.807) is 0 Å². The Bertz CT molecular complexity index is 1320. The summed E-state index contributed by atoms with van der Waals surface area (Å²) in [5.74, 6) is -3.17. The number of aliphatic hydroxyl groups excluding tert-OH is 1. The fourth-order valence-corrected chi connectivity index (χ4v) is 8.51. The zero-order chi connectivity index (χ0) is 51.2. The highest BCUT2D eigenvalue weighted by Crippen LogP contribution is 2.19. The lowest BCUT2D eigenvalue weighted by Crippen LogP contribution is -2.54. The second-order valence-electron chi connectivity index (χ2n) is 18.7. The number of carbonyl (C=O) groups is 6. The van der Waals surface area contributed by atoms with Gasteiger partial charge in [0.25, 0.3) is 0 Å². The Morgan fingerprint density at radius 2 is 1.04 bits per heavy atom. The number of rotatable bonds is 50. The minimum Gasteiger partial charge on any atom is -0.461 e. The quantitative estimate of drug-likeness (QED) is 0.0255. The first-order valence-corrected chi connectivity index (χ1v) is 28.1. The highest BCUT2D eigenvalue weighted by molar-refractivity contribution is 7.99. The Morgan fingerprint density at radius 1 is 0.580 bits per heavy atom. The second-order valence-corrected chi connectivity index (χ2v) is 19.8. The fraction of sp³-hybridized carbons (Fsp3) is 0.885. The molecular formula is C52H99N5O11S. The van der Waals surface area contributed by atoms with E-state index in [1.807, 2.05) is 13.8 Å². The molecular weight excluding hydrogens is 903 g/mol. The van der Waals surface area contributed by atoms with Gasteiger partial charge in [-0.2, -0.15) is 11.8 Å². The number of thioether (sulfide) groups is 1. The number of carbonyl (C=O) groups excluding carboxylic acids is 6. The van der Waals surface area contributed by atoms with Crippen LogP contribution in [-0.4, -0.2) is 123 Å². The van der Waals surface area contributed by atoms with Crippen LogP contribution in [0.4, 0.5) is 0 Å². The Morgan fingerprint density at radius 3 is 1.52 bits per heavy atom. The lowest BCUT2D eigenvalue weighted by Gasteiger charge is -2.22. The van der Waals surface area contributed by atoms with Gasteiger partial charge >= 0.3 is 11.9 Å². The first kappa shape index (κ1) is 66.0. The maximum absolute atomic E-state index is 13.3. The summed E-state index contributed by atoms with van der Waals surface area (Å²) in [6, 6.07) is -2.29. The van der Waals surface area contributed by atoms with Crippen molar-refractivity contribution in [2.45, 2.75) is 219 Å². The van der Waals surface area contributed by atoms with Crippen molar-refractivity contribution in [3.8, 4) is 0 Å². The molecule has 8 N–H and O–H groups in total. The van der Waals surface area contributed by atoms with E-state index in [9.17, 15) is 33.9 Å². The maximum atomic E-state index is 13.3. The molecule has 0 aromatic heterocycles. The molecule has 0 saturated heterocycles. The van der Waals surface area contributed by atoms with Crippen molar-refractivity contribution in [3.63, 3.8) is 0 Å². The van der Waals surface area contributed by atoms with Gasteiger partial charge in [0, 0.05) is 24.5 Å². The average Bonchev–Trinajstić information content (AvgIpc) is 3.33. The third kappa shape index (κ3) is 41.3. The third-order valence-electron chi connectivity index (χ3n) is 12.1. The maximum Gasteiger partial charge on any atom is 0.309 e. The molecule has 0 aromatic rings. The van der Waals surface area contributed by atoms with E-state index in [0.29, 0.717) is 6.42 Å². The number of hydrogen-bond acceptors (Lipinski definition) is 13. The van der Waals surface area contributed by atoms with Crippen LogP contribution in [0.25, 0.3) is 0 Å². The van der Waals surface area contributed by atoms with E-state index in [-0.39, 0.29) is 93.7 Å². The topological polar surface area (TPSA) is 248 Å². The zero-order valence-corrected chi connectivity index (χ0v) is 44.5. The molecule has 0 aliphatic rings. The number of nitrogens with two attached hydrogens (primary N) is 2. The molecule has 0 heterocycles. The highest BCUT2D eigenvalue weighted by Gasteiger charge is 2.26. The van der Waals surface area contributed by atoms with Crippen molar-refractivity contribution in [2.24, 2.45) is 23.3 Å². The van der Waals surface area contributed by atoms with Gasteiger partial charge in [0.05, 0.1) is 57.5 Å². The van der Waals surface area contributed by atoms with E-state index in [4.69, 9.17) is 30.4 Å².